The highest BCUT2D eigenvalue weighted by atomic mass is 32.2. The lowest BCUT2D eigenvalue weighted by Gasteiger charge is -2.02. The molecule has 0 aliphatic carbocycles. The highest BCUT2D eigenvalue weighted by Gasteiger charge is 2.21. The highest BCUT2D eigenvalue weighted by Crippen LogP contribution is 1.97. The van der Waals surface area contributed by atoms with E-state index in [1.54, 1.807) is 6.92 Å². The molecule has 0 spiro atoms. The summed E-state index contributed by atoms with van der Waals surface area (Å²) in [6, 6.07) is 0. The molecule has 0 aromatic rings. The van der Waals surface area contributed by atoms with Crippen molar-refractivity contribution in [2.45, 2.75) is 18.7 Å². The first kappa shape index (κ1) is 12.5. The summed E-state index contributed by atoms with van der Waals surface area (Å²) in [6.07, 6.45) is 0.482. The number of quaternary nitrogens is 1. The Balaban J connectivity index is 0. The van der Waals surface area contributed by atoms with Gasteiger partial charge in [-0.3, -0.25) is 4.18 Å². The van der Waals surface area contributed by atoms with Gasteiger partial charge in [0.1, 0.15) is 0 Å². The lowest BCUT2D eigenvalue weighted by Crippen LogP contribution is -2.64. The van der Waals surface area contributed by atoms with Gasteiger partial charge in [0, 0.05) is 6.42 Å². The van der Waals surface area contributed by atoms with E-state index in [-0.39, 0.29) is 7.43 Å². The molecule has 0 aromatic heterocycles. The van der Waals surface area contributed by atoms with Crippen LogP contribution in [0.15, 0.2) is 0 Å². The van der Waals surface area contributed by atoms with Crippen molar-refractivity contribution in [2.75, 3.05) is 7.11 Å². The maximum Gasteiger partial charge on any atom is 0.321 e. The Kier molecular flexibility index (Phi) is 5.83. The van der Waals surface area contributed by atoms with Crippen LogP contribution in [-0.2, 0) is 14.3 Å². The quantitative estimate of drug-likeness (QED) is 0.452. The molecule has 0 aromatic carbocycles. The van der Waals surface area contributed by atoms with Gasteiger partial charge >= 0.3 is 10.1 Å². The predicted octanol–water partition coefficient (Wildman–Crippen LogP) is -0.609. The standard InChI is InChI=1S/C4H11NO3S.CH3/c1-3-4(5)9(6,7)8-2;/h4H,3,5H2,1-2H3;1H3/q;-1/p+1. The zero-order chi connectivity index (χ0) is 7.49. The maximum atomic E-state index is 10.6. The number of hydrogen-bond donors (Lipinski definition) is 1. The molecule has 10 heavy (non-hydrogen) atoms. The van der Waals surface area contributed by atoms with Crippen molar-refractivity contribution >= 4 is 10.1 Å². The minimum absolute atomic E-state index is 0. The van der Waals surface area contributed by atoms with Gasteiger partial charge < -0.3 is 13.2 Å². The van der Waals surface area contributed by atoms with Crippen molar-refractivity contribution in [3.63, 3.8) is 0 Å². The van der Waals surface area contributed by atoms with Gasteiger partial charge in [-0.25, -0.2) is 0 Å². The van der Waals surface area contributed by atoms with Crippen LogP contribution < -0.4 is 5.73 Å². The van der Waals surface area contributed by atoms with Crippen molar-refractivity contribution in [2.24, 2.45) is 0 Å². The molecule has 1 unspecified atom stereocenters. The van der Waals surface area contributed by atoms with Gasteiger partial charge in [-0.1, -0.05) is 6.92 Å². The Morgan fingerprint density at radius 2 is 2.00 bits per heavy atom. The summed E-state index contributed by atoms with van der Waals surface area (Å²) in [4.78, 5) is 0. The topological polar surface area (TPSA) is 71.0 Å². The van der Waals surface area contributed by atoms with Crippen molar-refractivity contribution < 1.29 is 18.3 Å². The van der Waals surface area contributed by atoms with Crippen molar-refractivity contribution in [1.82, 2.24) is 0 Å². The number of hydrogen-bond acceptors (Lipinski definition) is 3. The van der Waals surface area contributed by atoms with Crippen LogP contribution in [0.3, 0.4) is 0 Å². The summed E-state index contributed by atoms with van der Waals surface area (Å²) >= 11 is 0. The van der Waals surface area contributed by atoms with E-state index >= 15 is 0 Å². The SMILES string of the molecule is CCC([NH3+])S(=O)(=O)OC.[CH3-]. The second-order valence-electron chi connectivity index (χ2n) is 1.69. The molecular weight excluding hydrogens is 154 g/mol. The second-order valence-corrected chi connectivity index (χ2v) is 3.68. The first-order chi connectivity index (χ1) is 4.04. The fourth-order valence-electron chi connectivity index (χ4n) is 0.340. The molecule has 4 nitrogen and oxygen atoms in total. The third kappa shape index (κ3) is 3.14. The Morgan fingerprint density at radius 3 is 2.10 bits per heavy atom. The van der Waals surface area contributed by atoms with Gasteiger partial charge in [0.05, 0.1) is 7.11 Å². The molecule has 3 N–H and O–H groups in total. The molecule has 64 valence electrons. The Hall–Kier alpha value is -0.130. The van der Waals surface area contributed by atoms with E-state index in [1.807, 2.05) is 0 Å². The molecule has 5 heteroatoms. The zero-order valence-electron chi connectivity index (χ0n) is 6.62. The molecule has 0 bridgehead atoms. The van der Waals surface area contributed by atoms with Crippen molar-refractivity contribution in [1.29, 1.82) is 0 Å². The molecule has 0 fully saturated rings. The van der Waals surface area contributed by atoms with Gasteiger partial charge in [-0.15, -0.1) is 0 Å². The van der Waals surface area contributed by atoms with Gasteiger partial charge in [0.25, 0.3) is 0 Å². The summed E-state index contributed by atoms with van der Waals surface area (Å²) in [5, 5.41) is -0.637. The van der Waals surface area contributed by atoms with E-state index in [9.17, 15) is 8.42 Å². The number of rotatable bonds is 3. The van der Waals surface area contributed by atoms with Crippen LogP contribution in [0.2, 0.25) is 0 Å². The summed E-state index contributed by atoms with van der Waals surface area (Å²) in [5.74, 6) is 0. The maximum absolute atomic E-state index is 10.6. The minimum atomic E-state index is -3.36. The van der Waals surface area contributed by atoms with E-state index in [4.69, 9.17) is 0 Å². The van der Waals surface area contributed by atoms with E-state index in [0.29, 0.717) is 6.42 Å². The molecule has 0 rings (SSSR count). The molecule has 0 heterocycles. The monoisotopic (exact) mass is 169 g/mol. The third-order valence-electron chi connectivity index (χ3n) is 1.10. The molecular formula is C5H15NO3S. The fraction of sp³-hybridized carbons (Fsp3) is 0.800. The van der Waals surface area contributed by atoms with Crippen LogP contribution in [0.5, 0.6) is 0 Å². The van der Waals surface area contributed by atoms with E-state index in [2.05, 4.69) is 9.92 Å². The molecule has 0 amide bonds. The van der Waals surface area contributed by atoms with E-state index < -0.39 is 15.5 Å². The lowest BCUT2D eigenvalue weighted by molar-refractivity contribution is -0.390. The smallest absolute Gasteiger partial charge is 0.321 e. The van der Waals surface area contributed by atoms with E-state index in [1.165, 1.54) is 0 Å². The second kappa shape index (κ2) is 4.65. The molecule has 0 aliphatic heterocycles. The van der Waals surface area contributed by atoms with Crippen molar-refractivity contribution in [3.8, 4) is 0 Å². The average Bonchev–Trinajstić information content (AvgIpc) is 1.86. The van der Waals surface area contributed by atoms with Crippen LogP contribution in [0.4, 0.5) is 0 Å². The van der Waals surface area contributed by atoms with Crippen LogP contribution in [0.25, 0.3) is 0 Å². The van der Waals surface area contributed by atoms with Gasteiger partial charge in [0.2, 0.25) is 5.37 Å². The Bertz CT molecular complexity index is 164. The first-order valence-corrected chi connectivity index (χ1v) is 4.14. The Morgan fingerprint density at radius 1 is 1.60 bits per heavy atom. The van der Waals surface area contributed by atoms with E-state index in [0.717, 1.165) is 7.11 Å². The molecule has 0 aliphatic rings. The Labute approximate surface area is 62.5 Å². The van der Waals surface area contributed by atoms with Crippen LogP contribution in [-0.4, -0.2) is 20.9 Å². The molecule has 0 radical (unpaired) electrons. The van der Waals surface area contributed by atoms with Crippen LogP contribution in [0.1, 0.15) is 13.3 Å². The van der Waals surface area contributed by atoms with Crippen molar-refractivity contribution in [3.05, 3.63) is 7.43 Å². The average molecular weight is 169 g/mol. The summed E-state index contributed by atoms with van der Waals surface area (Å²) < 4.78 is 25.5. The predicted molar refractivity (Wildman–Crippen MR) is 39.3 cm³/mol. The summed E-state index contributed by atoms with van der Waals surface area (Å²) in [7, 11) is -2.22. The first-order valence-electron chi connectivity index (χ1n) is 2.67. The highest BCUT2D eigenvalue weighted by molar-refractivity contribution is 7.87. The molecule has 0 saturated carbocycles. The van der Waals surface area contributed by atoms with Gasteiger partial charge in [-0.2, -0.15) is 8.42 Å². The normalized spacial score (nSPS) is 13.9. The zero-order valence-corrected chi connectivity index (χ0v) is 7.44. The molecule has 0 saturated heterocycles. The third-order valence-corrected chi connectivity index (χ3v) is 2.71. The summed E-state index contributed by atoms with van der Waals surface area (Å²) in [5.41, 5.74) is 3.39. The lowest BCUT2D eigenvalue weighted by atomic mass is 10.5. The summed E-state index contributed by atoms with van der Waals surface area (Å²) in [6.45, 7) is 1.74. The minimum Gasteiger partial charge on any atom is -0.358 e. The molecule has 1 atom stereocenters. The van der Waals surface area contributed by atoms with Crippen LogP contribution >= 0.6 is 0 Å². The van der Waals surface area contributed by atoms with Crippen LogP contribution in [0, 0.1) is 7.43 Å². The van der Waals surface area contributed by atoms with Gasteiger partial charge in [-0.05, 0) is 0 Å². The fourth-order valence-corrected chi connectivity index (χ4v) is 1.02. The van der Waals surface area contributed by atoms with Gasteiger partial charge in [0.15, 0.2) is 0 Å². The largest absolute Gasteiger partial charge is 0.358 e.